The van der Waals surface area contributed by atoms with Crippen LogP contribution in [0.1, 0.15) is 32.6 Å². The van der Waals surface area contributed by atoms with Gasteiger partial charge in [0, 0.05) is 24.8 Å². The van der Waals surface area contributed by atoms with E-state index in [4.69, 9.17) is 0 Å². The highest BCUT2D eigenvalue weighted by Gasteiger charge is 2.25. The van der Waals surface area contributed by atoms with Crippen molar-refractivity contribution >= 4 is 0 Å². The second-order valence-corrected chi connectivity index (χ2v) is 4.76. The van der Waals surface area contributed by atoms with Gasteiger partial charge < -0.3 is 5.32 Å². The standard InChI is InChI=1S/C13H21N3O/c1-2-15-12-5-3-4-11(12)7-9-16-10-14-8-6-13(16)17/h6,8,10-12,15H,2-5,7,9H2,1H3. The van der Waals surface area contributed by atoms with Crippen molar-refractivity contribution in [1.82, 2.24) is 14.9 Å². The summed E-state index contributed by atoms with van der Waals surface area (Å²) < 4.78 is 1.71. The zero-order chi connectivity index (χ0) is 12.1. The first-order valence-corrected chi connectivity index (χ1v) is 6.55. The van der Waals surface area contributed by atoms with Crippen LogP contribution in [-0.2, 0) is 6.54 Å². The molecule has 0 saturated heterocycles. The molecule has 1 saturated carbocycles. The highest BCUT2D eigenvalue weighted by Crippen LogP contribution is 2.28. The Kier molecular flexibility index (Phi) is 4.31. The van der Waals surface area contributed by atoms with Crippen LogP contribution >= 0.6 is 0 Å². The normalized spacial score (nSPS) is 24.1. The fraction of sp³-hybridized carbons (Fsp3) is 0.692. The van der Waals surface area contributed by atoms with Crippen LogP contribution in [0.5, 0.6) is 0 Å². The molecule has 0 bridgehead atoms. The number of hydrogen-bond acceptors (Lipinski definition) is 3. The number of nitrogens with zero attached hydrogens (tertiary/aromatic N) is 2. The first kappa shape index (κ1) is 12.3. The average molecular weight is 235 g/mol. The maximum absolute atomic E-state index is 11.5. The summed E-state index contributed by atoms with van der Waals surface area (Å²) in [6, 6.07) is 2.17. The zero-order valence-corrected chi connectivity index (χ0v) is 10.4. The third-order valence-electron chi connectivity index (χ3n) is 3.66. The van der Waals surface area contributed by atoms with Crippen molar-refractivity contribution in [3.8, 4) is 0 Å². The van der Waals surface area contributed by atoms with Gasteiger partial charge in [0.2, 0.25) is 0 Å². The lowest BCUT2D eigenvalue weighted by molar-refractivity contribution is 0.363. The molecule has 1 aliphatic rings. The molecule has 1 aliphatic carbocycles. The van der Waals surface area contributed by atoms with E-state index in [9.17, 15) is 4.79 Å². The molecule has 2 atom stereocenters. The van der Waals surface area contributed by atoms with Gasteiger partial charge in [0.05, 0.1) is 6.33 Å². The Morgan fingerprint density at radius 3 is 3.18 bits per heavy atom. The molecule has 4 heteroatoms. The molecule has 0 amide bonds. The SMILES string of the molecule is CCNC1CCCC1CCn1cnccc1=O. The van der Waals surface area contributed by atoms with Crippen LogP contribution in [0.4, 0.5) is 0 Å². The van der Waals surface area contributed by atoms with Gasteiger partial charge in [-0.15, -0.1) is 0 Å². The second kappa shape index (κ2) is 5.96. The summed E-state index contributed by atoms with van der Waals surface area (Å²) in [5, 5.41) is 3.54. The lowest BCUT2D eigenvalue weighted by atomic mass is 9.99. The molecule has 17 heavy (non-hydrogen) atoms. The average Bonchev–Trinajstić information content (AvgIpc) is 2.76. The highest BCUT2D eigenvalue weighted by atomic mass is 16.1. The van der Waals surface area contributed by atoms with E-state index in [-0.39, 0.29) is 5.56 Å². The molecule has 1 fully saturated rings. The molecule has 0 spiro atoms. The maximum atomic E-state index is 11.5. The lowest BCUT2D eigenvalue weighted by Gasteiger charge is -2.20. The van der Waals surface area contributed by atoms with E-state index in [0.717, 1.165) is 19.5 Å². The molecule has 0 aromatic carbocycles. The van der Waals surface area contributed by atoms with Crippen LogP contribution in [0, 0.1) is 5.92 Å². The molecule has 94 valence electrons. The number of aryl methyl sites for hydroxylation is 1. The van der Waals surface area contributed by atoms with Gasteiger partial charge >= 0.3 is 0 Å². The Balaban J connectivity index is 1.89. The van der Waals surface area contributed by atoms with Crippen molar-refractivity contribution in [2.45, 2.75) is 45.2 Å². The van der Waals surface area contributed by atoms with Crippen molar-refractivity contribution in [1.29, 1.82) is 0 Å². The second-order valence-electron chi connectivity index (χ2n) is 4.76. The number of nitrogens with one attached hydrogen (secondary N) is 1. The first-order chi connectivity index (χ1) is 8.31. The van der Waals surface area contributed by atoms with Gasteiger partial charge in [-0.25, -0.2) is 4.98 Å². The predicted octanol–water partition coefficient (Wildman–Crippen LogP) is 1.41. The summed E-state index contributed by atoms with van der Waals surface area (Å²) in [7, 11) is 0. The Morgan fingerprint density at radius 1 is 1.53 bits per heavy atom. The fourth-order valence-electron chi connectivity index (χ4n) is 2.76. The Hall–Kier alpha value is -1.16. The smallest absolute Gasteiger partial charge is 0.253 e. The minimum atomic E-state index is 0.0537. The van der Waals surface area contributed by atoms with Crippen LogP contribution in [0.2, 0.25) is 0 Å². The van der Waals surface area contributed by atoms with E-state index >= 15 is 0 Å². The first-order valence-electron chi connectivity index (χ1n) is 6.55. The number of rotatable bonds is 5. The van der Waals surface area contributed by atoms with Crippen LogP contribution in [0.3, 0.4) is 0 Å². The van der Waals surface area contributed by atoms with Gasteiger partial charge in [0.1, 0.15) is 0 Å². The van der Waals surface area contributed by atoms with Gasteiger partial charge in [0.15, 0.2) is 0 Å². The van der Waals surface area contributed by atoms with Crippen LogP contribution in [0.15, 0.2) is 23.4 Å². The quantitative estimate of drug-likeness (QED) is 0.839. The summed E-state index contributed by atoms with van der Waals surface area (Å²) in [6.07, 6.45) is 8.13. The molecule has 1 aromatic rings. The summed E-state index contributed by atoms with van der Waals surface area (Å²) in [6.45, 7) is 3.98. The van der Waals surface area contributed by atoms with E-state index in [1.54, 1.807) is 17.1 Å². The van der Waals surface area contributed by atoms with E-state index in [0.29, 0.717) is 12.0 Å². The third kappa shape index (κ3) is 3.16. The number of hydrogen-bond donors (Lipinski definition) is 1. The predicted molar refractivity (Wildman–Crippen MR) is 67.9 cm³/mol. The lowest BCUT2D eigenvalue weighted by Crippen LogP contribution is -2.33. The van der Waals surface area contributed by atoms with Gasteiger partial charge in [-0.3, -0.25) is 9.36 Å². The minimum absolute atomic E-state index is 0.0537. The van der Waals surface area contributed by atoms with Crippen molar-refractivity contribution < 1.29 is 0 Å². The highest BCUT2D eigenvalue weighted by molar-refractivity contribution is 4.85. The van der Waals surface area contributed by atoms with Gasteiger partial charge in [-0.05, 0) is 31.7 Å². The molecular formula is C13H21N3O. The van der Waals surface area contributed by atoms with E-state index in [1.807, 2.05) is 0 Å². The van der Waals surface area contributed by atoms with Crippen molar-refractivity contribution in [2.75, 3.05) is 6.54 Å². The van der Waals surface area contributed by atoms with Crippen LogP contribution in [-0.4, -0.2) is 22.1 Å². The van der Waals surface area contributed by atoms with E-state index in [1.165, 1.54) is 25.3 Å². The Labute approximate surface area is 102 Å². The summed E-state index contributed by atoms with van der Waals surface area (Å²) in [4.78, 5) is 15.5. The molecular weight excluding hydrogens is 214 g/mol. The van der Waals surface area contributed by atoms with Crippen molar-refractivity contribution in [3.63, 3.8) is 0 Å². The topological polar surface area (TPSA) is 46.9 Å². The molecule has 0 aliphatic heterocycles. The molecule has 2 rings (SSSR count). The monoisotopic (exact) mass is 235 g/mol. The van der Waals surface area contributed by atoms with Gasteiger partial charge in [-0.1, -0.05) is 13.3 Å². The van der Waals surface area contributed by atoms with Crippen molar-refractivity contribution in [2.24, 2.45) is 5.92 Å². The summed E-state index contributed by atoms with van der Waals surface area (Å²) >= 11 is 0. The largest absolute Gasteiger partial charge is 0.314 e. The molecule has 1 N–H and O–H groups in total. The Bertz CT molecular complexity index is 402. The Morgan fingerprint density at radius 2 is 2.41 bits per heavy atom. The van der Waals surface area contributed by atoms with E-state index in [2.05, 4.69) is 17.2 Å². The molecule has 1 aromatic heterocycles. The summed E-state index contributed by atoms with van der Waals surface area (Å²) in [5.41, 5.74) is 0.0537. The minimum Gasteiger partial charge on any atom is -0.314 e. The van der Waals surface area contributed by atoms with Gasteiger partial charge in [0.25, 0.3) is 5.56 Å². The van der Waals surface area contributed by atoms with Crippen LogP contribution in [0.25, 0.3) is 0 Å². The molecule has 2 unspecified atom stereocenters. The third-order valence-corrected chi connectivity index (χ3v) is 3.66. The number of aromatic nitrogens is 2. The zero-order valence-electron chi connectivity index (χ0n) is 10.4. The van der Waals surface area contributed by atoms with Gasteiger partial charge in [-0.2, -0.15) is 0 Å². The molecule has 1 heterocycles. The van der Waals surface area contributed by atoms with Crippen molar-refractivity contribution in [3.05, 3.63) is 28.9 Å². The summed E-state index contributed by atoms with van der Waals surface area (Å²) in [5.74, 6) is 0.710. The molecule has 4 nitrogen and oxygen atoms in total. The van der Waals surface area contributed by atoms with E-state index < -0.39 is 0 Å². The van der Waals surface area contributed by atoms with Crippen LogP contribution < -0.4 is 10.9 Å². The maximum Gasteiger partial charge on any atom is 0.253 e. The molecule has 0 radical (unpaired) electrons. The fourth-order valence-corrected chi connectivity index (χ4v) is 2.76.